The molecule has 0 spiro atoms. The summed E-state index contributed by atoms with van der Waals surface area (Å²) in [5.41, 5.74) is 5.49. The van der Waals surface area contributed by atoms with Crippen molar-refractivity contribution in [1.29, 1.82) is 0 Å². The summed E-state index contributed by atoms with van der Waals surface area (Å²) in [7, 11) is 0. The second kappa shape index (κ2) is 3.14. The molecule has 13 heavy (non-hydrogen) atoms. The second-order valence-corrected chi connectivity index (χ2v) is 4.79. The summed E-state index contributed by atoms with van der Waals surface area (Å²) in [6, 6.07) is 4.01. The minimum absolute atomic E-state index is 0.805. The van der Waals surface area contributed by atoms with Crippen molar-refractivity contribution >= 4 is 33.1 Å². The Morgan fingerprint density at radius 2 is 2.00 bits per heavy atom. The average Bonchev–Trinajstić information content (AvgIpc) is 2.32. The van der Waals surface area contributed by atoms with Gasteiger partial charge in [-0.05, 0) is 49.1 Å². The van der Waals surface area contributed by atoms with Crippen LogP contribution >= 0.6 is 27.5 Å². The Labute approximate surface area is 91.7 Å². The lowest BCUT2D eigenvalue weighted by molar-refractivity contribution is 1.18. The van der Waals surface area contributed by atoms with Crippen molar-refractivity contribution in [3.8, 4) is 0 Å². The molecular weight excluding hydrogens is 247 g/mol. The Kier molecular flexibility index (Phi) is 2.25. The van der Waals surface area contributed by atoms with E-state index in [0.29, 0.717) is 0 Å². The van der Waals surface area contributed by atoms with Gasteiger partial charge in [0.15, 0.2) is 0 Å². The molecule has 0 aliphatic heterocycles. The summed E-state index contributed by atoms with van der Waals surface area (Å²) in [5, 5.41) is 0.805. The van der Waals surface area contributed by atoms with Crippen molar-refractivity contribution in [2.24, 2.45) is 0 Å². The maximum Gasteiger partial charge on any atom is 0.0423 e. The summed E-state index contributed by atoms with van der Waals surface area (Å²) >= 11 is 9.53. The van der Waals surface area contributed by atoms with E-state index in [-0.39, 0.29) is 0 Å². The Morgan fingerprint density at radius 3 is 2.69 bits per heavy atom. The van der Waals surface area contributed by atoms with Crippen molar-refractivity contribution in [3.63, 3.8) is 0 Å². The molecule has 1 aliphatic rings. The third kappa shape index (κ3) is 1.44. The molecule has 0 N–H and O–H groups in total. The number of hydrogen-bond acceptors (Lipinski definition) is 0. The summed E-state index contributed by atoms with van der Waals surface area (Å²) < 4.78 is 1.13. The zero-order valence-corrected chi connectivity index (χ0v) is 9.96. The molecule has 0 aromatic heterocycles. The van der Waals surface area contributed by atoms with Crippen molar-refractivity contribution in [3.05, 3.63) is 38.3 Å². The highest BCUT2D eigenvalue weighted by Gasteiger charge is 2.18. The molecule has 0 saturated carbocycles. The van der Waals surface area contributed by atoms with Crippen LogP contribution in [0.1, 0.15) is 25.0 Å². The van der Waals surface area contributed by atoms with Gasteiger partial charge in [-0.25, -0.2) is 0 Å². The third-order valence-corrected chi connectivity index (χ3v) is 3.57. The van der Waals surface area contributed by atoms with Crippen LogP contribution in [0.5, 0.6) is 0 Å². The highest BCUT2D eigenvalue weighted by atomic mass is 79.9. The first-order valence-electron chi connectivity index (χ1n) is 4.24. The van der Waals surface area contributed by atoms with E-state index in [9.17, 15) is 0 Å². The van der Waals surface area contributed by atoms with Gasteiger partial charge < -0.3 is 0 Å². The van der Waals surface area contributed by atoms with Crippen LogP contribution in [0.25, 0.3) is 5.57 Å². The number of benzene rings is 1. The van der Waals surface area contributed by atoms with Crippen LogP contribution < -0.4 is 0 Å². The van der Waals surface area contributed by atoms with Gasteiger partial charge in [0.2, 0.25) is 0 Å². The average molecular weight is 258 g/mol. The Bertz CT molecular complexity index is 405. The standard InChI is InChI=1S/C11H10BrCl/c1-6-3-10-9(7(6)2)4-8(13)5-11(10)12/h4-5H,3H2,1-2H3. The van der Waals surface area contributed by atoms with Crippen molar-refractivity contribution < 1.29 is 0 Å². The molecule has 1 aliphatic carbocycles. The van der Waals surface area contributed by atoms with Gasteiger partial charge in [-0.2, -0.15) is 0 Å². The van der Waals surface area contributed by atoms with Crippen LogP contribution in [-0.4, -0.2) is 0 Å². The Balaban J connectivity index is 2.67. The molecule has 0 unspecified atom stereocenters. The minimum atomic E-state index is 0.805. The van der Waals surface area contributed by atoms with Gasteiger partial charge in [0.05, 0.1) is 0 Å². The number of hydrogen-bond donors (Lipinski definition) is 0. The first-order valence-corrected chi connectivity index (χ1v) is 5.41. The lowest BCUT2D eigenvalue weighted by atomic mass is 10.1. The predicted molar refractivity (Wildman–Crippen MR) is 61.1 cm³/mol. The summed E-state index contributed by atoms with van der Waals surface area (Å²) in [6.45, 7) is 4.33. The Morgan fingerprint density at radius 1 is 1.31 bits per heavy atom. The molecule has 0 radical (unpaired) electrons. The van der Waals surface area contributed by atoms with E-state index in [1.54, 1.807) is 0 Å². The Hall–Kier alpha value is -0.270. The van der Waals surface area contributed by atoms with Crippen molar-refractivity contribution in [1.82, 2.24) is 0 Å². The maximum atomic E-state index is 5.99. The fraction of sp³-hybridized carbons (Fsp3) is 0.273. The molecule has 0 saturated heterocycles. The topological polar surface area (TPSA) is 0 Å². The predicted octanol–water partition coefficient (Wildman–Crippen LogP) is 4.45. The van der Waals surface area contributed by atoms with Gasteiger partial charge >= 0.3 is 0 Å². The molecule has 1 aromatic carbocycles. The molecule has 1 aromatic rings. The van der Waals surface area contributed by atoms with Gasteiger partial charge in [-0.3, -0.25) is 0 Å². The lowest BCUT2D eigenvalue weighted by Gasteiger charge is -2.04. The fourth-order valence-electron chi connectivity index (χ4n) is 1.75. The molecule has 0 nitrogen and oxygen atoms in total. The monoisotopic (exact) mass is 256 g/mol. The van der Waals surface area contributed by atoms with Gasteiger partial charge in [-0.15, -0.1) is 0 Å². The smallest absolute Gasteiger partial charge is 0.0423 e. The van der Waals surface area contributed by atoms with Crippen LogP contribution in [0.4, 0.5) is 0 Å². The number of fused-ring (bicyclic) bond motifs is 1. The maximum absolute atomic E-state index is 5.99. The summed E-state index contributed by atoms with van der Waals surface area (Å²) in [5.74, 6) is 0. The van der Waals surface area contributed by atoms with Gasteiger partial charge in [0.25, 0.3) is 0 Å². The highest BCUT2D eigenvalue weighted by Crippen LogP contribution is 2.38. The molecule has 68 valence electrons. The second-order valence-electron chi connectivity index (χ2n) is 3.50. The van der Waals surface area contributed by atoms with E-state index in [1.165, 1.54) is 22.3 Å². The van der Waals surface area contributed by atoms with E-state index < -0.39 is 0 Å². The van der Waals surface area contributed by atoms with Gasteiger partial charge in [-0.1, -0.05) is 33.1 Å². The first kappa shape index (κ1) is 9.29. The van der Waals surface area contributed by atoms with Gasteiger partial charge in [0.1, 0.15) is 0 Å². The SMILES string of the molecule is CC1=C(C)c2cc(Cl)cc(Br)c2C1. The number of rotatable bonds is 0. The molecule has 0 atom stereocenters. The quantitative estimate of drug-likeness (QED) is 0.644. The number of halogens is 2. The van der Waals surface area contributed by atoms with Crippen molar-refractivity contribution in [2.75, 3.05) is 0 Å². The number of allylic oxidation sites excluding steroid dienone is 2. The van der Waals surface area contributed by atoms with E-state index in [4.69, 9.17) is 11.6 Å². The van der Waals surface area contributed by atoms with E-state index in [1.807, 2.05) is 12.1 Å². The highest BCUT2D eigenvalue weighted by molar-refractivity contribution is 9.10. The van der Waals surface area contributed by atoms with E-state index >= 15 is 0 Å². The molecule has 0 heterocycles. The molecular formula is C11H10BrCl. The molecule has 0 amide bonds. The van der Waals surface area contributed by atoms with Crippen LogP contribution in [0, 0.1) is 0 Å². The largest absolute Gasteiger partial charge is 0.0843 e. The third-order valence-electron chi connectivity index (χ3n) is 2.65. The van der Waals surface area contributed by atoms with Crippen LogP contribution in [0.3, 0.4) is 0 Å². The fourth-order valence-corrected chi connectivity index (χ4v) is 2.70. The van der Waals surface area contributed by atoms with Gasteiger partial charge in [0, 0.05) is 9.50 Å². The summed E-state index contributed by atoms with van der Waals surface area (Å²) in [4.78, 5) is 0. The van der Waals surface area contributed by atoms with E-state index in [0.717, 1.165) is 15.9 Å². The molecule has 0 bridgehead atoms. The first-order chi connectivity index (χ1) is 6.09. The lowest BCUT2D eigenvalue weighted by Crippen LogP contribution is -1.85. The minimum Gasteiger partial charge on any atom is -0.0843 e. The summed E-state index contributed by atoms with van der Waals surface area (Å²) in [6.07, 6.45) is 1.05. The zero-order chi connectivity index (χ0) is 9.59. The van der Waals surface area contributed by atoms with Crippen LogP contribution in [0.2, 0.25) is 5.02 Å². The normalized spacial score (nSPS) is 15.1. The molecule has 2 heteroatoms. The van der Waals surface area contributed by atoms with Crippen LogP contribution in [0.15, 0.2) is 22.2 Å². The van der Waals surface area contributed by atoms with E-state index in [2.05, 4.69) is 29.8 Å². The zero-order valence-electron chi connectivity index (χ0n) is 7.62. The molecule has 2 rings (SSSR count). The molecule has 0 fully saturated rings. The van der Waals surface area contributed by atoms with Crippen LogP contribution in [-0.2, 0) is 6.42 Å². The van der Waals surface area contributed by atoms with Crippen molar-refractivity contribution in [2.45, 2.75) is 20.3 Å².